The Labute approximate surface area is 77.4 Å². The second-order valence-electron chi connectivity index (χ2n) is 4.30. The summed E-state index contributed by atoms with van der Waals surface area (Å²) in [5.41, 5.74) is 4.71. The van der Waals surface area contributed by atoms with Crippen molar-refractivity contribution in [3.63, 3.8) is 0 Å². The molecule has 0 amide bonds. The van der Waals surface area contributed by atoms with Gasteiger partial charge in [0.05, 0.1) is 18.2 Å². The van der Waals surface area contributed by atoms with Crippen molar-refractivity contribution >= 4 is 0 Å². The second kappa shape index (κ2) is 3.50. The van der Waals surface area contributed by atoms with E-state index in [-0.39, 0.29) is 18.1 Å². The van der Waals surface area contributed by atoms with Gasteiger partial charge in [0.1, 0.15) is 0 Å². The zero-order valence-electron chi connectivity index (χ0n) is 8.15. The number of halogens is 2. The number of hydrogen-bond acceptors (Lipinski definition) is 2. The van der Waals surface area contributed by atoms with Gasteiger partial charge in [0, 0.05) is 6.42 Å². The minimum Gasteiger partial charge on any atom is -0.372 e. The zero-order chi connectivity index (χ0) is 10.1. The van der Waals surface area contributed by atoms with Crippen molar-refractivity contribution in [3.8, 4) is 0 Å². The van der Waals surface area contributed by atoms with E-state index in [0.29, 0.717) is 6.42 Å². The standard InChI is InChI=1S/C9H17F2NO/c1-8(2)4-3-7(13-8)5-9(10,11)6-12/h7H,3-6,12H2,1-2H3. The van der Waals surface area contributed by atoms with E-state index in [1.54, 1.807) is 0 Å². The van der Waals surface area contributed by atoms with Gasteiger partial charge in [-0.2, -0.15) is 0 Å². The van der Waals surface area contributed by atoms with Gasteiger partial charge in [-0.25, -0.2) is 8.78 Å². The third-order valence-electron chi connectivity index (χ3n) is 2.38. The molecule has 1 saturated heterocycles. The Morgan fingerprint density at radius 1 is 1.54 bits per heavy atom. The van der Waals surface area contributed by atoms with Gasteiger partial charge in [0.2, 0.25) is 0 Å². The summed E-state index contributed by atoms with van der Waals surface area (Å²) < 4.78 is 31.2. The van der Waals surface area contributed by atoms with Crippen LogP contribution in [0, 0.1) is 0 Å². The van der Waals surface area contributed by atoms with Gasteiger partial charge in [0.25, 0.3) is 5.92 Å². The molecule has 0 spiro atoms. The first kappa shape index (κ1) is 10.9. The van der Waals surface area contributed by atoms with Crippen molar-refractivity contribution in [3.05, 3.63) is 0 Å². The largest absolute Gasteiger partial charge is 0.372 e. The number of rotatable bonds is 3. The normalized spacial score (nSPS) is 27.9. The number of nitrogens with two attached hydrogens (primary N) is 1. The lowest BCUT2D eigenvalue weighted by molar-refractivity contribution is -0.0776. The highest BCUT2D eigenvalue weighted by molar-refractivity contribution is 4.84. The molecule has 1 atom stereocenters. The lowest BCUT2D eigenvalue weighted by atomic mass is 10.0. The van der Waals surface area contributed by atoms with E-state index in [1.165, 1.54) is 0 Å². The van der Waals surface area contributed by atoms with Gasteiger partial charge in [-0.3, -0.25) is 0 Å². The highest BCUT2D eigenvalue weighted by Gasteiger charge is 2.38. The summed E-state index contributed by atoms with van der Waals surface area (Å²) in [5.74, 6) is -2.77. The van der Waals surface area contributed by atoms with Crippen molar-refractivity contribution in [2.75, 3.05) is 6.54 Å². The molecule has 0 aromatic carbocycles. The van der Waals surface area contributed by atoms with Crippen LogP contribution in [0.25, 0.3) is 0 Å². The Morgan fingerprint density at radius 3 is 2.54 bits per heavy atom. The highest BCUT2D eigenvalue weighted by atomic mass is 19.3. The summed E-state index contributed by atoms with van der Waals surface area (Å²) in [4.78, 5) is 0. The first-order valence-electron chi connectivity index (χ1n) is 4.60. The van der Waals surface area contributed by atoms with Crippen LogP contribution in [0.15, 0.2) is 0 Å². The zero-order valence-corrected chi connectivity index (χ0v) is 8.15. The maximum atomic E-state index is 12.9. The van der Waals surface area contributed by atoms with Gasteiger partial charge >= 0.3 is 0 Å². The van der Waals surface area contributed by atoms with Crippen LogP contribution in [-0.2, 0) is 4.74 Å². The maximum Gasteiger partial charge on any atom is 0.262 e. The average molecular weight is 193 g/mol. The third kappa shape index (κ3) is 3.19. The van der Waals surface area contributed by atoms with Gasteiger partial charge in [-0.1, -0.05) is 0 Å². The molecule has 0 aliphatic carbocycles. The molecule has 1 unspecified atom stereocenters. The third-order valence-corrected chi connectivity index (χ3v) is 2.38. The van der Waals surface area contributed by atoms with Crippen molar-refractivity contribution in [1.29, 1.82) is 0 Å². The van der Waals surface area contributed by atoms with Crippen LogP contribution in [0.1, 0.15) is 33.1 Å². The molecule has 2 nitrogen and oxygen atoms in total. The van der Waals surface area contributed by atoms with E-state index >= 15 is 0 Å². The van der Waals surface area contributed by atoms with Crippen LogP contribution >= 0.6 is 0 Å². The van der Waals surface area contributed by atoms with E-state index < -0.39 is 12.5 Å². The fourth-order valence-corrected chi connectivity index (χ4v) is 1.64. The number of hydrogen-bond donors (Lipinski definition) is 1. The van der Waals surface area contributed by atoms with Gasteiger partial charge in [-0.15, -0.1) is 0 Å². The Hall–Kier alpha value is -0.220. The molecular weight excluding hydrogens is 176 g/mol. The Kier molecular flexibility index (Phi) is 2.92. The minimum atomic E-state index is -2.77. The summed E-state index contributed by atoms with van der Waals surface area (Å²) in [5, 5.41) is 0. The van der Waals surface area contributed by atoms with Crippen molar-refractivity contribution in [1.82, 2.24) is 0 Å². The topological polar surface area (TPSA) is 35.2 Å². The van der Waals surface area contributed by atoms with E-state index in [1.807, 2.05) is 13.8 Å². The summed E-state index contributed by atoms with van der Waals surface area (Å²) in [6.07, 6.45) is 0.988. The summed E-state index contributed by atoms with van der Waals surface area (Å²) in [6.45, 7) is 3.26. The van der Waals surface area contributed by atoms with Crippen LogP contribution in [0.5, 0.6) is 0 Å². The Bertz CT molecular complexity index is 182. The molecule has 4 heteroatoms. The first-order valence-corrected chi connectivity index (χ1v) is 4.60. The summed E-state index contributed by atoms with van der Waals surface area (Å²) in [6, 6.07) is 0. The Morgan fingerprint density at radius 2 is 2.15 bits per heavy atom. The summed E-state index contributed by atoms with van der Waals surface area (Å²) in [7, 11) is 0. The molecule has 0 aromatic heterocycles. The molecule has 0 radical (unpaired) electrons. The van der Waals surface area contributed by atoms with Crippen LogP contribution in [0.3, 0.4) is 0 Å². The monoisotopic (exact) mass is 193 g/mol. The van der Waals surface area contributed by atoms with E-state index in [4.69, 9.17) is 10.5 Å². The van der Waals surface area contributed by atoms with Crippen LogP contribution in [0.4, 0.5) is 8.78 Å². The molecule has 1 aliphatic heterocycles. The molecule has 1 heterocycles. The average Bonchev–Trinajstić information content (AvgIpc) is 2.29. The predicted octanol–water partition coefficient (Wildman–Crippen LogP) is 1.93. The van der Waals surface area contributed by atoms with Crippen LogP contribution in [0.2, 0.25) is 0 Å². The lowest BCUT2D eigenvalue weighted by Gasteiger charge is -2.22. The summed E-state index contributed by atoms with van der Waals surface area (Å²) >= 11 is 0. The van der Waals surface area contributed by atoms with Gasteiger partial charge < -0.3 is 10.5 Å². The Balaban J connectivity index is 2.40. The van der Waals surface area contributed by atoms with Crippen LogP contribution < -0.4 is 5.73 Å². The predicted molar refractivity (Wildman–Crippen MR) is 46.8 cm³/mol. The first-order chi connectivity index (χ1) is 5.85. The highest BCUT2D eigenvalue weighted by Crippen LogP contribution is 2.34. The maximum absolute atomic E-state index is 12.9. The quantitative estimate of drug-likeness (QED) is 0.743. The second-order valence-corrected chi connectivity index (χ2v) is 4.30. The molecule has 78 valence electrons. The van der Waals surface area contributed by atoms with Crippen molar-refractivity contribution in [2.45, 2.75) is 50.7 Å². The number of alkyl halides is 2. The van der Waals surface area contributed by atoms with Crippen molar-refractivity contribution in [2.24, 2.45) is 5.73 Å². The number of ether oxygens (including phenoxy) is 1. The smallest absolute Gasteiger partial charge is 0.262 e. The molecule has 0 saturated carbocycles. The van der Waals surface area contributed by atoms with Gasteiger partial charge in [-0.05, 0) is 26.7 Å². The molecule has 0 aromatic rings. The molecule has 1 fully saturated rings. The molecule has 1 rings (SSSR count). The molecule has 13 heavy (non-hydrogen) atoms. The molecule has 1 aliphatic rings. The van der Waals surface area contributed by atoms with Gasteiger partial charge in [0.15, 0.2) is 0 Å². The van der Waals surface area contributed by atoms with Crippen molar-refractivity contribution < 1.29 is 13.5 Å². The molecule has 2 N–H and O–H groups in total. The van der Waals surface area contributed by atoms with Crippen LogP contribution in [-0.4, -0.2) is 24.2 Å². The van der Waals surface area contributed by atoms with E-state index in [9.17, 15) is 8.78 Å². The molecular formula is C9H17F2NO. The SMILES string of the molecule is CC1(C)CCC(CC(F)(F)CN)O1. The fraction of sp³-hybridized carbons (Fsp3) is 1.00. The minimum absolute atomic E-state index is 0.241. The molecule has 0 bridgehead atoms. The van der Waals surface area contributed by atoms with E-state index in [0.717, 1.165) is 6.42 Å². The lowest BCUT2D eigenvalue weighted by Crippen LogP contribution is -2.33. The van der Waals surface area contributed by atoms with E-state index in [2.05, 4.69) is 0 Å². The fourth-order valence-electron chi connectivity index (χ4n) is 1.64.